The van der Waals surface area contributed by atoms with Crippen molar-refractivity contribution in [1.82, 2.24) is 4.57 Å². The predicted octanol–water partition coefficient (Wildman–Crippen LogP) is 2.56. The first-order chi connectivity index (χ1) is 8.13. The van der Waals surface area contributed by atoms with E-state index < -0.39 is 0 Å². The number of nitrogens with zero attached hydrogens (tertiary/aromatic N) is 1. The number of rotatable bonds is 4. The molecular formula is C14H20N2O. The number of aromatic nitrogens is 1. The molecule has 0 aliphatic heterocycles. The van der Waals surface area contributed by atoms with E-state index in [2.05, 4.69) is 35.9 Å². The summed E-state index contributed by atoms with van der Waals surface area (Å²) in [6.45, 7) is 5.32. The molecule has 0 spiro atoms. The van der Waals surface area contributed by atoms with Crippen LogP contribution in [0, 0.1) is 0 Å². The van der Waals surface area contributed by atoms with Crippen LogP contribution in [0.25, 0.3) is 10.9 Å². The topological polar surface area (TPSA) is 40.2 Å². The second-order valence-corrected chi connectivity index (χ2v) is 4.61. The number of hydrogen-bond donors (Lipinski definition) is 1. The molecule has 3 nitrogen and oxygen atoms in total. The van der Waals surface area contributed by atoms with Crippen molar-refractivity contribution in [2.45, 2.75) is 33.1 Å². The first kappa shape index (κ1) is 12.1. The van der Waals surface area contributed by atoms with Crippen LogP contribution in [0.2, 0.25) is 0 Å². The van der Waals surface area contributed by atoms with E-state index in [0.29, 0.717) is 13.2 Å². The van der Waals surface area contributed by atoms with E-state index in [0.717, 1.165) is 0 Å². The molecule has 0 bridgehead atoms. The molecule has 0 aliphatic rings. The Morgan fingerprint density at radius 3 is 2.76 bits per heavy atom. The number of fused-ring (bicyclic) bond motifs is 1. The zero-order valence-electron chi connectivity index (χ0n) is 10.7. The summed E-state index contributed by atoms with van der Waals surface area (Å²) in [7, 11) is 2.07. The molecule has 0 unspecified atom stereocenters. The fourth-order valence-electron chi connectivity index (χ4n) is 2.05. The van der Waals surface area contributed by atoms with E-state index in [9.17, 15) is 0 Å². The van der Waals surface area contributed by atoms with Crippen LogP contribution in [0.4, 0.5) is 0 Å². The second-order valence-electron chi connectivity index (χ2n) is 4.61. The van der Waals surface area contributed by atoms with Gasteiger partial charge in [-0.15, -0.1) is 0 Å². The van der Waals surface area contributed by atoms with Crippen LogP contribution in [-0.4, -0.2) is 10.7 Å². The first-order valence-corrected chi connectivity index (χ1v) is 6.01. The summed E-state index contributed by atoms with van der Waals surface area (Å²) in [5.41, 5.74) is 9.35. The van der Waals surface area contributed by atoms with Crippen LogP contribution < -0.4 is 5.73 Å². The maximum atomic E-state index is 5.76. The van der Waals surface area contributed by atoms with Gasteiger partial charge in [0.25, 0.3) is 0 Å². The highest BCUT2D eigenvalue weighted by atomic mass is 16.5. The van der Waals surface area contributed by atoms with Gasteiger partial charge in [0.2, 0.25) is 0 Å². The van der Waals surface area contributed by atoms with Gasteiger partial charge in [-0.3, -0.25) is 0 Å². The van der Waals surface area contributed by atoms with Crippen molar-refractivity contribution in [1.29, 1.82) is 0 Å². The van der Waals surface area contributed by atoms with Gasteiger partial charge in [0.05, 0.1) is 12.7 Å². The summed E-state index contributed by atoms with van der Waals surface area (Å²) in [6.07, 6.45) is 0.252. The molecule has 0 saturated carbocycles. The van der Waals surface area contributed by atoms with E-state index in [1.807, 2.05) is 13.8 Å². The van der Waals surface area contributed by atoms with E-state index in [-0.39, 0.29) is 6.10 Å². The molecule has 2 rings (SSSR count). The summed E-state index contributed by atoms with van der Waals surface area (Å²) in [6, 6.07) is 8.43. The van der Waals surface area contributed by atoms with Crippen molar-refractivity contribution in [3.8, 4) is 0 Å². The third kappa shape index (κ3) is 2.35. The third-order valence-electron chi connectivity index (χ3n) is 3.06. The molecule has 1 aromatic carbocycles. The van der Waals surface area contributed by atoms with Gasteiger partial charge in [-0.25, -0.2) is 0 Å². The number of benzene rings is 1. The average Bonchev–Trinajstić information content (AvgIpc) is 2.64. The summed E-state index contributed by atoms with van der Waals surface area (Å²) < 4.78 is 7.84. The number of aryl methyl sites for hydroxylation is 1. The number of hydrogen-bond acceptors (Lipinski definition) is 2. The van der Waals surface area contributed by atoms with Gasteiger partial charge in [0, 0.05) is 30.2 Å². The van der Waals surface area contributed by atoms with E-state index in [1.165, 1.54) is 22.2 Å². The van der Waals surface area contributed by atoms with E-state index in [4.69, 9.17) is 10.5 Å². The Balaban J connectivity index is 2.41. The maximum absolute atomic E-state index is 5.76. The molecule has 0 radical (unpaired) electrons. The van der Waals surface area contributed by atoms with E-state index >= 15 is 0 Å². The Labute approximate surface area is 102 Å². The number of nitrogens with two attached hydrogens (primary N) is 1. The third-order valence-corrected chi connectivity index (χ3v) is 3.06. The van der Waals surface area contributed by atoms with E-state index in [1.54, 1.807) is 0 Å². The van der Waals surface area contributed by atoms with Crippen molar-refractivity contribution in [3.63, 3.8) is 0 Å². The fourth-order valence-corrected chi connectivity index (χ4v) is 2.05. The van der Waals surface area contributed by atoms with Crippen LogP contribution in [0.5, 0.6) is 0 Å². The number of ether oxygens (including phenoxy) is 1. The van der Waals surface area contributed by atoms with Gasteiger partial charge in [0.15, 0.2) is 0 Å². The maximum Gasteiger partial charge on any atom is 0.0871 e. The SMILES string of the molecule is CC(C)OCc1cc2c(CN)cccc2n1C. The van der Waals surface area contributed by atoms with Gasteiger partial charge in [-0.1, -0.05) is 12.1 Å². The van der Waals surface area contributed by atoms with Crippen LogP contribution in [0.15, 0.2) is 24.3 Å². The Morgan fingerprint density at radius 1 is 1.35 bits per heavy atom. The first-order valence-electron chi connectivity index (χ1n) is 6.01. The standard InChI is InChI=1S/C14H20N2O/c1-10(2)17-9-12-7-13-11(8-15)5-4-6-14(13)16(12)3/h4-7,10H,8-9,15H2,1-3H3. The van der Waals surface area contributed by atoms with Crippen LogP contribution >= 0.6 is 0 Å². The van der Waals surface area contributed by atoms with Crippen LogP contribution in [-0.2, 0) is 24.9 Å². The minimum Gasteiger partial charge on any atom is -0.373 e. The highest BCUT2D eigenvalue weighted by Crippen LogP contribution is 2.23. The highest BCUT2D eigenvalue weighted by molar-refractivity contribution is 5.84. The summed E-state index contributed by atoms with van der Waals surface area (Å²) in [5, 5.41) is 1.24. The second kappa shape index (κ2) is 4.90. The predicted molar refractivity (Wildman–Crippen MR) is 70.7 cm³/mol. The molecule has 2 aromatic rings. The fraction of sp³-hybridized carbons (Fsp3) is 0.429. The average molecular weight is 232 g/mol. The molecule has 1 heterocycles. The molecule has 3 heteroatoms. The van der Waals surface area contributed by atoms with Crippen molar-refractivity contribution in [2.75, 3.05) is 0 Å². The summed E-state index contributed by atoms with van der Waals surface area (Å²) in [4.78, 5) is 0. The molecule has 0 aliphatic carbocycles. The molecule has 0 saturated heterocycles. The van der Waals surface area contributed by atoms with Crippen LogP contribution in [0.3, 0.4) is 0 Å². The van der Waals surface area contributed by atoms with Gasteiger partial charge in [-0.2, -0.15) is 0 Å². The molecule has 1 aromatic heterocycles. The Morgan fingerprint density at radius 2 is 2.12 bits per heavy atom. The minimum atomic E-state index is 0.252. The molecule has 0 atom stereocenters. The quantitative estimate of drug-likeness (QED) is 0.880. The summed E-state index contributed by atoms with van der Waals surface area (Å²) in [5.74, 6) is 0. The molecular weight excluding hydrogens is 212 g/mol. The smallest absolute Gasteiger partial charge is 0.0871 e. The lowest BCUT2D eigenvalue weighted by atomic mass is 10.1. The monoisotopic (exact) mass is 232 g/mol. The van der Waals surface area contributed by atoms with Gasteiger partial charge < -0.3 is 15.0 Å². The summed E-state index contributed by atoms with van der Waals surface area (Å²) >= 11 is 0. The Hall–Kier alpha value is -1.32. The van der Waals surface area contributed by atoms with Gasteiger partial charge in [-0.05, 0) is 31.5 Å². The molecule has 0 amide bonds. The Bertz CT molecular complexity index is 514. The molecule has 2 N–H and O–H groups in total. The largest absolute Gasteiger partial charge is 0.373 e. The van der Waals surface area contributed by atoms with Crippen molar-refractivity contribution >= 4 is 10.9 Å². The Kier molecular flexibility index (Phi) is 3.50. The van der Waals surface area contributed by atoms with Gasteiger partial charge in [0.1, 0.15) is 0 Å². The normalized spacial score (nSPS) is 11.6. The zero-order chi connectivity index (χ0) is 12.4. The highest BCUT2D eigenvalue weighted by Gasteiger charge is 2.08. The van der Waals surface area contributed by atoms with Gasteiger partial charge >= 0.3 is 0 Å². The lowest BCUT2D eigenvalue weighted by molar-refractivity contribution is 0.0624. The van der Waals surface area contributed by atoms with Crippen molar-refractivity contribution in [3.05, 3.63) is 35.5 Å². The minimum absolute atomic E-state index is 0.252. The molecule has 0 fully saturated rings. The van der Waals surface area contributed by atoms with Crippen molar-refractivity contribution < 1.29 is 4.74 Å². The molecule has 92 valence electrons. The van der Waals surface area contributed by atoms with Crippen LogP contribution in [0.1, 0.15) is 25.1 Å². The molecule has 17 heavy (non-hydrogen) atoms. The lowest BCUT2D eigenvalue weighted by Gasteiger charge is -2.08. The zero-order valence-corrected chi connectivity index (χ0v) is 10.7. The van der Waals surface area contributed by atoms with Crippen molar-refractivity contribution in [2.24, 2.45) is 12.8 Å². The lowest BCUT2D eigenvalue weighted by Crippen LogP contribution is -2.05.